The van der Waals surface area contributed by atoms with E-state index in [-0.39, 0.29) is 11.5 Å². The molecule has 3 rings (SSSR count). The number of nitrogens with zero attached hydrogens (tertiary/aromatic N) is 3. The van der Waals surface area contributed by atoms with Crippen molar-refractivity contribution in [2.45, 2.75) is 5.60 Å². The highest BCUT2D eigenvalue weighted by molar-refractivity contribution is 5.58. The lowest BCUT2D eigenvalue weighted by Crippen LogP contribution is -2.32. The molecule has 0 spiro atoms. The van der Waals surface area contributed by atoms with Gasteiger partial charge in [-0.15, -0.1) is 10.5 Å². The zero-order chi connectivity index (χ0) is 19.8. The first-order chi connectivity index (χ1) is 13.8. The molecular weight excluding hydrogens is 354 g/mol. The first-order valence-electron chi connectivity index (χ1n) is 8.21. The van der Waals surface area contributed by atoms with Crippen molar-refractivity contribution in [3.8, 4) is 30.3 Å². The third kappa shape index (κ3) is 3.17. The van der Waals surface area contributed by atoms with Crippen molar-refractivity contribution >= 4 is 0 Å². The molecule has 0 aromatic heterocycles. The Labute approximate surface area is 162 Å². The van der Waals surface area contributed by atoms with Gasteiger partial charge in [-0.1, -0.05) is 72.8 Å². The monoisotopic (exact) mass is 367 g/mol. The summed E-state index contributed by atoms with van der Waals surface area (Å²) in [6, 6.07) is 22.9. The molecule has 0 amide bonds. The Morgan fingerprint density at radius 3 is 1.68 bits per heavy atom. The summed E-state index contributed by atoms with van der Waals surface area (Å²) in [5.74, 6) is 0.0360. The summed E-state index contributed by atoms with van der Waals surface area (Å²) in [6.07, 6.45) is 4.97. The molecule has 28 heavy (non-hydrogen) atoms. The van der Waals surface area contributed by atoms with E-state index in [4.69, 9.17) is 24.7 Å². The second kappa shape index (κ2) is 8.27. The molecule has 0 unspecified atom stereocenters. The first kappa shape index (κ1) is 18.3. The number of ether oxygens (including phenoxy) is 3. The molecule has 0 radical (unpaired) electrons. The van der Waals surface area contributed by atoms with E-state index in [1.165, 1.54) is 6.07 Å². The van der Waals surface area contributed by atoms with E-state index < -0.39 is 5.60 Å². The molecule has 0 aliphatic rings. The summed E-state index contributed by atoms with van der Waals surface area (Å²) in [4.78, 5) is 0. The van der Waals surface area contributed by atoms with Gasteiger partial charge in [0.15, 0.2) is 11.5 Å². The number of hydrogen-bond donors (Lipinski definition) is 0. The van der Waals surface area contributed by atoms with Crippen LogP contribution < -0.4 is 9.47 Å². The highest BCUT2D eigenvalue weighted by Gasteiger charge is 2.42. The molecule has 0 heterocycles. The van der Waals surface area contributed by atoms with Gasteiger partial charge in [-0.3, -0.25) is 0 Å². The summed E-state index contributed by atoms with van der Waals surface area (Å²) >= 11 is 0. The number of para-hydroxylation sites is 1. The van der Waals surface area contributed by atoms with E-state index in [2.05, 4.69) is 0 Å². The predicted octanol–water partition coefficient (Wildman–Crippen LogP) is 4.20. The molecule has 0 saturated carbocycles. The van der Waals surface area contributed by atoms with Gasteiger partial charge >= 0.3 is 0 Å². The molecule has 0 aliphatic heterocycles. The minimum Gasteiger partial charge on any atom is -0.406 e. The predicted molar refractivity (Wildman–Crippen MR) is 98.4 cm³/mol. The van der Waals surface area contributed by atoms with E-state index in [1.54, 1.807) is 55.2 Å². The molecule has 0 bridgehead atoms. The fraction of sp³-hybridized carbons (Fsp3) is 0.0455. The minimum absolute atomic E-state index is 0.00509. The number of benzene rings is 3. The summed E-state index contributed by atoms with van der Waals surface area (Å²) < 4.78 is 15.8. The Balaban J connectivity index is 2.42. The van der Waals surface area contributed by atoms with Crippen LogP contribution in [0.2, 0.25) is 0 Å². The van der Waals surface area contributed by atoms with Crippen molar-refractivity contribution in [3.63, 3.8) is 0 Å². The van der Waals surface area contributed by atoms with Gasteiger partial charge in [0.25, 0.3) is 18.8 Å². The topological polar surface area (TPSA) is 99.1 Å². The van der Waals surface area contributed by atoms with Gasteiger partial charge in [0.2, 0.25) is 5.60 Å². The molecule has 0 aliphatic carbocycles. The molecule has 3 aromatic rings. The molecule has 6 heteroatoms. The molecule has 0 atom stereocenters. The summed E-state index contributed by atoms with van der Waals surface area (Å²) in [5.41, 5.74) is 0.207. The van der Waals surface area contributed by atoms with Crippen LogP contribution in [-0.2, 0) is 10.3 Å². The van der Waals surface area contributed by atoms with E-state index in [0.29, 0.717) is 16.7 Å². The van der Waals surface area contributed by atoms with E-state index in [0.717, 1.165) is 0 Å². The van der Waals surface area contributed by atoms with Crippen molar-refractivity contribution in [3.05, 3.63) is 95.6 Å². The van der Waals surface area contributed by atoms with Gasteiger partial charge in [-0.2, -0.15) is 5.26 Å². The molecule has 3 aromatic carbocycles. The SMILES string of the molecule is N#COc1cccc(C(OC#N)(c2ccccc2)c2ccccc2)c1OC#N. The Bertz CT molecular complexity index is 1040. The lowest BCUT2D eigenvalue weighted by molar-refractivity contribution is 0.112. The molecular formula is C22H13N3O3. The fourth-order valence-electron chi connectivity index (χ4n) is 3.14. The second-order valence-corrected chi connectivity index (χ2v) is 5.63. The van der Waals surface area contributed by atoms with Crippen LogP contribution in [0.25, 0.3) is 0 Å². The van der Waals surface area contributed by atoms with Crippen molar-refractivity contribution < 1.29 is 14.2 Å². The van der Waals surface area contributed by atoms with Crippen LogP contribution in [0.3, 0.4) is 0 Å². The van der Waals surface area contributed by atoms with Crippen LogP contribution in [0.1, 0.15) is 16.7 Å². The zero-order valence-corrected chi connectivity index (χ0v) is 14.6. The maximum absolute atomic E-state index is 9.52. The molecule has 134 valence electrons. The lowest BCUT2D eigenvalue weighted by atomic mass is 9.79. The van der Waals surface area contributed by atoms with Crippen LogP contribution in [-0.4, -0.2) is 0 Å². The number of rotatable bonds is 6. The van der Waals surface area contributed by atoms with Gasteiger partial charge in [0.1, 0.15) is 0 Å². The minimum atomic E-state index is -1.42. The van der Waals surface area contributed by atoms with Crippen LogP contribution in [0, 0.1) is 34.6 Å². The summed E-state index contributed by atoms with van der Waals surface area (Å²) in [6.45, 7) is 0. The van der Waals surface area contributed by atoms with E-state index in [1.807, 2.05) is 36.4 Å². The van der Waals surface area contributed by atoms with Crippen LogP contribution in [0.4, 0.5) is 0 Å². The highest BCUT2D eigenvalue weighted by atomic mass is 16.5. The van der Waals surface area contributed by atoms with E-state index in [9.17, 15) is 5.26 Å². The highest BCUT2D eigenvalue weighted by Crippen LogP contribution is 2.47. The van der Waals surface area contributed by atoms with Crippen LogP contribution in [0.5, 0.6) is 11.5 Å². The van der Waals surface area contributed by atoms with Crippen LogP contribution in [0.15, 0.2) is 78.9 Å². The molecule has 6 nitrogen and oxygen atoms in total. The summed E-state index contributed by atoms with van der Waals surface area (Å²) in [5, 5.41) is 27.6. The Kier molecular flexibility index (Phi) is 5.41. The Morgan fingerprint density at radius 2 is 1.18 bits per heavy atom. The Hall–Kier alpha value is -4.47. The zero-order valence-electron chi connectivity index (χ0n) is 14.6. The number of nitriles is 3. The quantitative estimate of drug-likeness (QED) is 0.478. The van der Waals surface area contributed by atoms with Gasteiger partial charge in [-0.25, -0.2) is 0 Å². The molecule has 0 N–H and O–H groups in total. The van der Waals surface area contributed by atoms with Crippen molar-refractivity contribution in [1.82, 2.24) is 0 Å². The van der Waals surface area contributed by atoms with Gasteiger partial charge in [0, 0.05) is 11.1 Å². The van der Waals surface area contributed by atoms with Crippen molar-refractivity contribution in [2.75, 3.05) is 0 Å². The van der Waals surface area contributed by atoms with Gasteiger partial charge in [-0.05, 0) is 6.07 Å². The average Bonchev–Trinajstić information content (AvgIpc) is 2.75. The smallest absolute Gasteiger partial charge is 0.292 e. The van der Waals surface area contributed by atoms with Crippen molar-refractivity contribution in [1.29, 1.82) is 15.8 Å². The third-order valence-corrected chi connectivity index (χ3v) is 4.22. The maximum Gasteiger partial charge on any atom is 0.292 e. The third-order valence-electron chi connectivity index (χ3n) is 4.22. The maximum atomic E-state index is 9.52. The Morgan fingerprint density at radius 1 is 0.607 bits per heavy atom. The largest absolute Gasteiger partial charge is 0.406 e. The fourth-order valence-corrected chi connectivity index (χ4v) is 3.14. The van der Waals surface area contributed by atoms with Crippen LogP contribution >= 0.6 is 0 Å². The van der Waals surface area contributed by atoms with Gasteiger partial charge in [0.05, 0.1) is 5.56 Å². The number of hydrogen-bond acceptors (Lipinski definition) is 6. The van der Waals surface area contributed by atoms with Gasteiger partial charge < -0.3 is 14.2 Å². The second-order valence-electron chi connectivity index (χ2n) is 5.63. The average molecular weight is 367 g/mol. The standard InChI is InChI=1S/C22H13N3O3/c23-14-26-20-13-7-12-19(21(20)27-15-24)22(28-16-25,17-8-3-1-4-9-17)18-10-5-2-6-11-18/h1-13H. The molecule has 0 fully saturated rings. The van der Waals surface area contributed by atoms with E-state index >= 15 is 0 Å². The molecule has 0 saturated heterocycles. The normalized spacial score (nSPS) is 10.0. The lowest BCUT2D eigenvalue weighted by Gasteiger charge is -2.33. The van der Waals surface area contributed by atoms with Crippen molar-refractivity contribution in [2.24, 2.45) is 0 Å². The summed E-state index contributed by atoms with van der Waals surface area (Å²) in [7, 11) is 0. The first-order valence-corrected chi connectivity index (χ1v) is 8.21.